The number of aliphatic imine (C=N–C) groups is 1. The Hall–Kier alpha value is -3.67. The van der Waals surface area contributed by atoms with Crippen LogP contribution in [0.2, 0.25) is 0 Å². The lowest BCUT2D eigenvalue weighted by Crippen LogP contribution is -2.31. The van der Waals surface area contributed by atoms with Crippen LogP contribution in [0.15, 0.2) is 65.8 Å². The van der Waals surface area contributed by atoms with E-state index in [1.807, 2.05) is 48.7 Å². The first-order valence-corrected chi connectivity index (χ1v) is 10.0. The number of nitrogens with one attached hydrogen (secondary N) is 1. The predicted molar refractivity (Wildman–Crippen MR) is 116 cm³/mol. The lowest BCUT2D eigenvalue weighted by Gasteiger charge is -2.13. The van der Waals surface area contributed by atoms with E-state index in [9.17, 15) is 4.79 Å². The number of hydrogen-bond donors (Lipinski definition) is 1. The summed E-state index contributed by atoms with van der Waals surface area (Å²) in [6.07, 6.45) is 6.95. The summed E-state index contributed by atoms with van der Waals surface area (Å²) >= 11 is 0. The Morgan fingerprint density at radius 2 is 1.93 bits per heavy atom. The van der Waals surface area contributed by atoms with Gasteiger partial charge in [0.15, 0.2) is 0 Å². The van der Waals surface area contributed by atoms with Gasteiger partial charge in [-0.15, -0.1) is 0 Å². The van der Waals surface area contributed by atoms with Crippen molar-refractivity contribution in [1.82, 2.24) is 10.3 Å². The van der Waals surface area contributed by atoms with E-state index in [1.54, 1.807) is 6.20 Å². The molecule has 0 aliphatic carbocycles. The van der Waals surface area contributed by atoms with Crippen LogP contribution >= 0.6 is 0 Å². The van der Waals surface area contributed by atoms with Gasteiger partial charge in [0.25, 0.3) is 0 Å². The molecule has 6 heteroatoms. The second-order valence-electron chi connectivity index (χ2n) is 7.42. The first kappa shape index (κ1) is 18.4. The molecule has 0 spiro atoms. The summed E-state index contributed by atoms with van der Waals surface area (Å²) in [6, 6.07) is 15.9. The van der Waals surface area contributed by atoms with Crippen LogP contribution in [0.5, 0.6) is 17.4 Å². The lowest BCUT2D eigenvalue weighted by atomic mass is 10.1. The number of fused-ring (bicyclic) bond motifs is 1. The molecule has 2 aliphatic rings. The van der Waals surface area contributed by atoms with Crippen LogP contribution in [0, 0.1) is 0 Å². The number of allylic oxidation sites excluding steroid dienone is 1. The van der Waals surface area contributed by atoms with E-state index < -0.39 is 0 Å². The minimum Gasteiger partial charge on any atom is -0.475 e. The van der Waals surface area contributed by atoms with Gasteiger partial charge in [-0.05, 0) is 65.4 Å². The molecule has 5 rings (SSSR count). The maximum Gasteiger partial charge on any atom is 0.221 e. The van der Waals surface area contributed by atoms with Gasteiger partial charge in [-0.2, -0.15) is 0 Å². The van der Waals surface area contributed by atoms with Gasteiger partial charge in [0.2, 0.25) is 11.8 Å². The summed E-state index contributed by atoms with van der Waals surface area (Å²) in [4.78, 5) is 19.9. The highest BCUT2D eigenvalue weighted by atomic mass is 16.5. The Kier molecular flexibility index (Phi) is 4.89. The molecule has 3 aromatic rings. The quantitative estimate of drug-likeness (QED) is 0.676. The molecule has 0 bridgehead atoms. The Morgan fingerprint density at radius 1 is 1.07 bits per heavy atom. The molecule has 1 saturated heterocycles. The number of carbonyl (C=O) groups excluding carboxylic acids is 1. The standard InChI is InChI=1S/C24H21N3O3/c28-23-8-3-19(27-23)15-29-24-22-7-6-21(13-17(22)10-12-26-24)30-20-4-1-16(2-5-20)18-9-11-25-14-18/h1-2,4-7,9-13,19H,3,8,14-15H2,(H,27,28)/t19-/m0/s1. The van der Waals surface area contributed by atoms with Crippen LogP contribution in [0.25, 0.3) is 16.3 Å². The molecule has 2 aromatic carbocycles. The van der Waals surface area contributed by atoms with E-state index in [0.717, 1.165) is 40.8 Å². The normalized spacial score (nSPS) is 17.8. The van der Waals surface area contributed by atoms with Crippen LogP contribution in [0.1, 0.15) is 18.4 Å². The van der Waals surface area contributed by atoms with Gasteiger partial charge in [0.05, 0.1) is 12.6 Å². The average Bonchev–Trinajstić information content (AvgIpc) is 3.45. The van der Waals surface area contributed by atoms with Crippen LogP contribution in [0.4, 0.5) is 0 Å². The molecule has 0 saturated carbocycles. The summed E-state index contributed by atoms with van der Waals surface area (Å²) in [5, 5.41) is 4.81. The molecule has 1 fully saturated rings. The molecule has 0 radical (unpaired) electrons. The third-order valence-corrected chi connectivity index (χ3v) is 5.31. The second kappa shape index (κ2) is 7.99. The van der Waals surface area contributed by atoms with E-state index in [-0.39, 0.29) is 11.9 Å². The van der Waals surface area contributed by atoms with Gasteiger partial charge in [-0.1, -0.05) is 12.1 Å². The van der Waals surface area contributed by atoms with Crippen molar-refractivity contribution in [2.24, 2.45) is 4.99 Å². The topological polar surface area (TPSA) is 72.8 Å². The van der Waals surface area contributed by atoms with Gasteiger partial charge >= 0.3 is 0 Å². The Bertz CT molecular complexity index is 1150. The third-order valence-electron chi connectivity index (χ3n) is 5.31. The van der Waals surface area contributed by atoms with Crippen molar-refractivity contribution in [3.8, 4) is 17.4 Å². The van der Waals surface area contributed by atoms with Crippen molar-refractivity contribution in [3.63, 3.8) is 0 Å². The highest BCUT2D eigenvalue weighted by Crippen LogP contribution is 2.30. The van der Waals surface area contributed by atoms with E-state index in [1.165, 1.54) is 5.57 Å². The largest absolute Gasteiger partial charge is 0.475 e. The Morgan fingerprint density at radius 3 is 2.70 bits per heavy atom. The number of benzene rings is 2. The first-order chi connectivity index (χ1) is 14.7. The fourth-order valence-corrected chi connectivity index (χ4v) is 3.70. The predicted octanol–water partition coefficient (Wildman–Crippen LogP) is 4.15. The number of pyridine rings is 1. The van der Waals surface area contributed by atoms with E-state index in [4.69, 9.17) is 9.47 Å². The first-order valence-electron chi connectivity index (χ1n) is 10.0. The van der Waals surface area contributed by atoms with Crippen LogP contribution in [-0.4, -0.2) is 36.3 Å². The fraction of sp³-hybridized carbons (Fsp3) is 0.208. The van der Waals surface area contributed by atoms with Gasteiger partial charge in [-0.25, -0.2) is 4.98 Å². The van der Waals surface area contributed by atoms with Crippen LogP contribution in [-0.2, 0) is 4.79 Å². The second-order valence-corrected chi connectivity index (χ2v) is 7.42. The Labute approximate surface area is 174 Å². The zero-order valence-electron chi connectivity index (χ0n) is 16.4. The number of nitrogens with zero attached hydrogens (tertiary/aromatic N) is 2. The highest BCUT2D eigenvalue weighted by molar-refractivity contribution is 5.90. The molecule has 6 nitrogen and oxygen atoms in total. The summed E-state index contributed by atoms with van der Waals surface area (Å²) < 4.78 is 11.9. The number of ether oxygens (including phenoxy) is 2. The number of amides is 1. The molecule has 30 heavy (non-hydrogen) atoms. The lowest BCUT2D eigenvalue weighted by molar-refractivity contribution is -0.119. The van der Waals surface area contributed by atoms with Crippen molar-refractivity contribution in [3.05, 3.63) is 66.4 Å². The number of aromatic nitrogens is 1. The summed E-state index contributed by atoms with van der Waals surface area (Å²) in [6.45, 7) is 1.15. The van der Waals surface area contributed by atoms with Crippen molar-refractivity contribution < 1.29 is 14.3 Å². The SMILES string of the molecule is O=C1CC[C@@H](COc2nccc3cc(Oc4ccc(C5=CC=NC5)cc4)ccc23)N1. The van der Waals surface area contributed by atoms with E-state index in [2.05, 4.69) is 27.4 Å². The number of carbonyl (C=O) groups is 1. The average molecular weight is 399 g/mol. The summed E-state index contributed by atoms with van der Waals surface area (Å²) in [5.41, 5.74) is 2.37. The molecule has 1 N–H and O–H groups in total. The van der Waals surface area contributed by atoms with Crippen molar-refractivity contribution in [2.45, 2.75) is 18.9 Å². The minimum atomic E-state index is 0.0479. The smallest absolute Gasteiger partial charge is 0.221 e. The molecule has 0 unspecified atom stereocenters. The molecular formula is C24H21N3O3. The number of hydrogen-bond acceptors (Lipinski definition) is 5. The molecule has 1 aromatic heterocycles. The van der Waals surface area contributed by atoms with Gasteiger partial charge in [-0.3, -0.25) is 9.79 Å². The maximum absolute atomic E-state index is 11.3. The fourth-order valence-electron chi connectivity index (χ4n) is 3.70. The van der Waals surface area contributed by atoms with E-state index in [0.29, 0.717) is 18.9 Å². The summed E-state index contributed by atoms with van der Waals surface area (Å²) in [7, 11) is 0. The molecule has 2 aliphatic heterocycles. The maximum atomic E-state index is 11.3. The monoisotopic (exact) mass is 399 g/mol. The summed E-state index contributed by atoms with van der Waals surface area (Å²) in [5.74, 6) is 2.17. The molecule has 150 valence electrons. The number of rotatable bonds is 6. The van der Waals surface area contributed by atoms with Crippen LogP contribution < -0.4 is 14.8 Å². The Balaban J connectivity index is 1.29. The highest BCUT2D eigenvalue weighted by Gasteiger charge is 2.21. The molecule has 3 heterocycles. The van der Waals surface area contributed by atoms with Crippen molar-refractivity contribution in [2.75, 3.05) is 13.2 Å². The minimum absolute atomic E-state index is 0.0479. The van der Waals surface area contributed by atoms with Crippen LogP contribution in [0.3, 0.4) is 0 Å². The molecular weight excluding hydrogens is 378 g/mol. The van der Waals surface area contributed by atoms with Gasteiger partial charge < -0.3 is 14.8 Å². The van der Waals surface area contributed by atoms with E-state index >= 15 is 0 Å². The molecule has 1 amide bonds. The third kappa shape index (κ3) is 3.89. The molecule has 1 atom stereocenters. The van der Waals surface area contributed by atoms with Crippen molar-refractivity contribution >= 4 is 28.5 Å². The van der Waals surface area contributed by atoms with Gasteiger partial charge in [0.1, 0.15) is 18.1 Å². The zero-order valence-corrected chi connectivity index (χ0v) is 16.4. The van der Waals surface area contributed by atoms with Gasteiger partial charge in [0, 0.05) is 24.2 Å². The van der Waals surface area contributed by atoms with Crippen molar-refractivity contribution in [1.29, 1.82) is 0 Å². The zero-order chi connectivity index (χ0) is 20.3.